The molecule has 5 heteroatoms. The molecule has 2 amide bonds. The van der Waals surface area contributed by atoms with Crippen molar-refractivity contribution in [3.8, 4) is 5.75 Å². The minimum atomic E-state index is -0.787. The lowest BCUT2D eigenvalue weighted by molar-refractivity contribution is -0.141. The molecule has 0 aliphatic carbocycles. The van der Waals surface area contributed by atoms with Crippen molar-refractivity contribution in [2.75, 3.05) is 7.11 Å². The van der Waals surface area contributed by atoms with Gasteiger partial charge in [-0.05, 0) is 41.3 Å². The number of carbonyl (C=O) groups is 2. The minimum absolute atomic E-state index is 0.124. The van der Waals surface area contributed by atoms with Gasteiger partial charge in [0.05, 0.1) is 13.5 Å². The van der Waals surface area contributed by atoms with Crippen LogP contribution >= 0.6 is 0 Å². The monoisotopic (exact) mass is 492 g/mol. The summed E-state index contributed by atoms with van der Waals surface area (Å²) in [5, 5.41) is 3.07. The third kappa shape index (κ3) is 7.07. The van der Waals surface area contributed by atoms with Crippen molar-refractivity contribution in [2.24, 2.45) is 0 Å². The first-order valence-electron chi connectivity index (χ1n) is 12.4. The molecule has 37 heavy (non-hydrogen) atoms. The molecule has 4 aromatic rings. The largest absolute Gasteiger partial charge is 0.497 e. The van der Waals surface area contributed by atoms with Crippen molar-refractivity contribution >= 4 is 11.8 Å². The molecule has 4 aromatic carbocycles. The summed E-state index contributed by atoms with van der Waals surface area (Å²) in [5.41, 5.74) is 4.74. The quantitative estimate of drug-likeness (QED) is 0.312. The molecule has 1 unspecified atom stereocenters. The Morgan fingerprint density at radius 3 is 1.97 bits per heavy atom. The van der Waals surface area contributed by atoms with E-state index in [0.717, 1.165) is 33.6 Å². The summed E-state index contributed by atoms with van der Waals surface area (Å²) in [4.78, 5) is 29.2. The van der Waals surface area contributed by atoms with Crippen molar-refractivity contribution in [1.82, 2.24) is 10.2 Å². The zero-order valence-electron chi connectivity index (χ0n) is 21.3. The molecule has 1 N–H and O–H groups in total. The Hall–Kier alpha value is -4.38. The van der Waals surface area contributed by atoms with Crippen LogP contribution in [0.5, 0.6) is 5.75 Å². The van der Waals surface area contributed by atoms with Crippen molar-refractivity contribution in [1.29, 1.82) is 0 Å². The average molecular weight is 493 g/mol. The Labute approximate surface area is 218 Å². The van der Waals surface area contributed by atoms with E-state index in [1.54, 1.807) is 12.0 Å². The van der Waals surface area contributed by atoms with Gasteiger partial charge in [0.2, 0.25) is 11.8 Å². The molecule has 0 bridgehead atoms. The number of nitrogens with one attached hydrogen (secondary N) is 1. The minimum Gasteiger partial charge on any atom is -0.497 e. The number of amides is 2. The molecule has 188 valence electrons. The summed E-state index contributed by atoms with van der Waals surface area (Å²) < 4.78 is 5.29. The highest BCUT2D eigenvalue weighted by Gasteiger charge is 2.31. The molecule has 0 aromatic heterocycles. The second kappa shape index (κ2) is 12.5. The third-order valence-electron chi connectivity index (χ3n) is 6.29. The number of nitrogens with zero attached hydrogens (tertiary/aromatic N) is 1. The van der Waals surface area contributed by atoms with Crippen LogP contribution in [0.1, 0.15) is 33.9 Å². The maximum absolute atomic E-state index is 13.8. The summed E-state index contributed by atoms with van der Waals surface area (Å²) in [7, 11) is 1.62. The molecule has 0 heterocycles. The first kappa shape index (κ1) is 25.7. The second-order valence-electron chi connectivity index (χ2n) is 9.05. The molecule has 0 saturated heterocycles. The van der Waals surface area contributed by atoms with E-state index in [1.807, 2.05) is 116 Å². The summed E-state index contributed by atoms with van der Waals surface area (Å²) in [5.74, 6) is 0.393. The van der Waals surface area contributed by atoms with Crippen LogP contribution in [-0.2, 0) is 29.1 Å². The lowest BCUT2D eigenvalue weighted by Gasteiger charge is -2.32. The number of hydrogen-bond acceptors (Lipinski definition) is 3. The third-order valence-corrected chi connectivity index (χ3v) is 6.29. The van der Waals surface area contributed by atoms with Gasteiger partial charge in [0, 0.05) is 13.1 Å². The molecule has 0 saturated carbocycles. The van der Waals surface area contributed by atoms with Crippen molar-refractivity contribution in [3.05, 3.63) is 137 Å². The van der Waals surface area contributed by atoms with Crippen LogP contribution in [-0.4, -0.2) is 23.8 Å². The zero-order valence-corrected chi connectivity index (χ0v) is 21.3. The Bertz CT molecular complexity index is 1290. The van der Waals surface area contributed by atoms with E-state index in [2.05, 4.69) is 5.32 Å². The lowest BCUT2D eigenvalue weighted by Crippen LogP contribution is -2.43. The van der Waals surface area contributed by atoms with E-state index >= 15 is 0 Å². The number of benzene rings is 4. The molecule has 0 aliphatic rings. The Morgan fingerprint density at radius 1 is 0.757 bits per heavy atom. The Morgan fingerprint density at radius 2 is 1.35 bits per heavy atom. The normalized spacial score (nSPS) is 11.4. The number of carbonyl (C=O) groups excluding carboxylic acids is 2. The predicted molar refractivity (Wildman–Crippen MR) is 146 cm³/mol. The van der Waals surface area contributed by atoms with Gasteiger partial charge in [-0.3, -0.25) is 9.59 Å². The first-order chi connectivity index (χ1) is 18.0. The van der Waals surface area contributed by atoms with Gasteiger partial charge in [-0.25, -0.2) is 0 Å². The van der Waals surface area contributed by atoms with Gasteiger partial charge in [0.1, 0.15) is 11.8 Å². The van der Waals surface area contributed by atoms with Crippen molar-refractivity contribution in [3.63, 3.8) is 0 Å². The van der Waals surface area contributed by atoms with Gasteiger partial charge in [-0.2, -0.15) is 0 Å². The van der Waals surface area contributed by atoms with Gasteiger partial charge in [-0.1, -0.05) is 103 Å². The van der Waals surface area contributed by atoms with E-state index in [9.17, 15) is 9.59 Å². The SMILES string of the molecule is COc1ccc(CN(C(=O)Cc2ccccc2)C(C(=O)NCc2ccc(C)cc2)c2ccccc2)cc1. The highest BCUT2D eigenvalue weighted by atomic mass is 16.5. The molecule has 5 nitrogen and oxygen atoms in total. The second-order valence-corrected chi connectivity index (χ2v) is 9.05. The Kier molecular flexibility index (Phi) is 8.71. The van der Waals surface area contributed by atoms with E-state index in [0.29, 0.717) is 6.54 Å². The number of aryl methyl sites for hydroxylation is 1. The smallest absolute Gasteiger partial charge is 0.247 e. The number of rotatable bonds is 10. The predicted octanol–water partition coefficient (Wildman–Crippen LogP) is 5.63. The van der Waals surface area contributed by atoms with Gasteiger partial charge < -0.3 is 15.0 Å². The highest BCUT2D eigenvalue weighted by Crippen LogP contribution is 2.26. The van der Waals surface area contributed by atoms with E-state index in [1.165, 1.54) is 0 Å². The molecule has 0 aliphatic heterocycles. The highest BCUT2D eigenvalue weighted by molar-refractivity contribution is 5.89. The fourth-order valence-corrected chi connectivity index (χ4v) is 4.22. The van der Waals surface area contributed by atoms with Crippen molar-refractivity contribution in [2.45, 2.75) is 32.5 Å². The fraction of sp³-hybridized carbons (Fsp3) is 0.188. The van der Waals surface area contributed by atoms with Gasteiger partial charge in [-0.15, -0.1) is 0 Å². The summed E-state index contributed by atoms with van der Waals surface area (Å²) >= 11 is 0. The van der Waals surface area contributed by atoms with Gasteiger partial charge in [0.25, 0.3) is 0 Å². The fourth-order valence-electron chi connectivity index (χ4n) is 4.22. The number of methoxy groups -OCH3 is 1. The van der Waals surface area contributed by atoms with Gasteiger partial charge >= 0.3 is 0 Å². The summed E-state index contributed by atoms with van der Waals surface area (Å²) in [6.07, 6.45) is 0.200. The molecule has 0 radical (unpaired) electrons. The maximum Gasteiger partial charge on any atom is 0.247 e. The van der Waals surface area contributed by atoms with Crippen LogP contribution in [0.4, 0.5) is 0 Å². The Balaban J connectivity index is 1.66. The summed E-state index contributed by atoms with van der Waals surface area (Å²) in [6, 6.07) is 33.9. The van der Waals surface area contributed by atoms with Crippen LogP contribution in [0.25, 0.3) is 0 Å². The standard InChI is InChI=1S/C32H32N2O3/c1-24-13-15-26(16-14-24)22-33-32(36)31(28-11-7-4-8-12-28)34(23-27-17-19-29(37-2)20-18-27)30(35)21-25-9-5-3-6-10-25/h3-20,31H,21-23H2,1-2H3,(H,33,36). The van der Waals surface area contributed by atoms with Crippen LogP contribution in [0.3, 0.4) is 0 Å². The van der Waals surface area contributed by atoms with E-state index in [4.69, 9.17) is 4.74 Å². The van der Waals surface area contributed by atoms with Crippen LogP contribution in [0.2, 0.25) is 0 Å². The molecule has 0 fully saturated rings. The number of hydrogen-bond donors (Lipinski definition) is 1. The molecule has 1 atom stereocenters. The average Bonchev–Trinajstić information content (AvgIpc) is 2.94. The van der Waals surface area contributed by atoms with Gasteiger partial charge in [0.15, 0.2) is 0 Å². The summed E-state index contributed by atoms with van der Waals surface area (Å²) in [6.45, 7) is 2.70. The van der Waals surface area contributed by atoms with Crippen LogP contribution < -0.4 is 10.1 Å². The molecule has 0 spiro atoms. The topological polar surface area (TPSA) is 58.6 Å². The van der Waals surface area contributed by atoms with E-state index < -0.39 is 6.04 Å². The molecule has 4 rings (SSSR count). The van der Waals surface area contributed by atoms with Crippen molar-refractivity contribution < 1.29 is 14.3 Å². The molecular weight excluding hydrogens is 460 g/mol. The van der Waals surface area contributed by atoms with Crippen LogP contribution in [0.15, 0.2) is 109 Å². The maximum atomic E-state index is 13.8. The lowest BCUT2D eigenvalue weighted by atomic mass is 10.0. The van der Waals surface area contributed by atoms with E-state index in [-0.39, 0.29) is 24.8 Å². The molecular formula is C32H32N2O3. The van der Waals surface area contributed by atoms with Crippen LogP contribution in [0, 0.1) is 6.92 Å². The first-order valence-corrected chi connectivity index (χ1v) is 12.4. The number of ether oxygens (including phenoxy) is 1. The zero-order chi connectivity index (χ0) is 26.0.